The molecule has 1 aliphatic carbocycles. The fraction of sp³-hybridized carbons (Fsp3) is 0.750. The summed E-state index contributed by atoms with van der Waals surface area (Å²) < 4.78 is 39.6. The van der Waals surface area contributed by atoms with Crippen molar-refractivity contribution in [3.63, 3.8) is 0 Å². The van der Waals surface area contributed by atoms with Gasteiger partial charge in [0.25, 0.3) is 0 Å². The molecule has 0 aromatic carbocycles. The van der Waals surface area contributed by atoms with Gasteiger partial charge in [0.1, 0.15) is 0 Å². The summed E-state index contributed by atoms with van der Waals surface area (Å²) in [6, 6.07) is 0. The minimum absolute atomic E-state index is 0.452. The number of allylic oxidation sites excluding steroid dienone is 3. The van der Waals surface area contributed by atoms with Crippen LogP contribution >= 0.6 is 0 Å². The molecule has 3 unspecified atom stereocenters. The first-order valence-electron chi connectivity index (χ1n) is 7.56. The number of hydrogen-bond acceptors (Lipinski definition) is 2. The number of nitrogens with zero attached hydrogens (tertiary/aromatic N) is 2. The van der Waals surface area contributed by atoms with Crippen molar-refractivity contribution < 1.29 is 13.2 Å². The number of rotatable bonds is 4. The third kappa shape index (κ3) is 4.58. The summed E-state index contributed by atoms with van der Waals surface area (Å²) >= 11 is 0. The van der Waals surface area contributed by atoms with Crippen LogP contribution in [0.2, 0.25) is 0 Å². The average molecular weight is 302 g/mol. The van der Waals surface area contributed by atoms with Crippen LogP contribution in [0, 0.1) is 17.8 Å². The van der Waals surface area contributed by atoms with Gasteiger partial charge in [0.05, 0.1) is 5.92 Å². The molecule has 0 radical (unpaired) electrons. The zero-order valence-electron chi connectivity index (χ0n) is 13.0. The first-order chi connectivity index (χ1) is 9.75. The van der Waals surface area contributed by atoms with Crippen molar-refractivity contribution in [1.82, 2.24) is 9.80 Å². The zero-order chi connectivity index (χ0) is 15.6. The van der Waals surface area contributed by atoms with Gasteiger partial charge in [-0.3, -0.25) is 0 Å². The standard InChI is InChI=1S/C16H25F3N2/c1-12-4-5-14(15(8-12)16(17,18)19)11-21-7-6-13(10-21)9-20(2)3/h4-5,8,13-15H,6-7,9-11H2,1-3H3. The Bertz CT molecular complexity index is 412. The molecule has 1 saturated heterocycles. The lowest BCUT2D eigenvalue weighted by Crippen LogP contribution is -2.37. The fourth-order valence-electron chi connectivity index (χ4n) is 3.41. The minimum atomic E-state index is -4.15. The zero-order valence-corrected chi connectivity index (χ0v) is 13.0. The van der Waals surface area contributed by atoms with Crippen LogP contribution in [0.4, 0.5) is 13.2 Å². The van der Waals surface area contributed by atoms with Gasteiger partial charge in [-0.2, -0.15) is 13.2 Å². The predicted molar refractivity (Wildman–Crippen MR) is 79.0 cm³/mol. The summed E-state index contributed by atoms with van der Waals surface area (Å²) in [7, 11) is 4.08. The summed E-state index contributed by atoms with van der Waals surface area (Å²) in [6.45, 7) is 5.08. The normalized spacial score (nSPS) is 31.0. The summed E-state index contributed by atoms with van der Waals surface area (Å²) in [6.07, 6.45) is 1.87. The predicted octanol–water partition coefficient (Wildman–Crippen LogP) is 3.18. The van der Waals surface area contributed by atoms with E-state index in [2.05, 4.69) is 9.80 Å². The Morgan fingerprint density at radius 1 is 1.33 bits per heavy atom. The monoisotopic (exact) mass is 302 g/mol. The van der Waals surface area contributed by atoms with Crippen molar-refractivity contribution >= 4 is 0 Å². The van der Waals surface area contributed by atoms with Crippen molar-refractivity contribution in [3.8, 4) is 0 Å². The maximum Gasteiger partial charge on any atom is 0.395 e. The Morgan fingerprint density at radius 3 is 2.67 bits per heavy atom. The summed E-state index contributed by atoms with van der Waals surface area (Å²) in [5.41, 5.74) is 0.709. The molecule has 3 atom stereocenters. The fourth-order valence-corrected chi connectivity index (χ4v) is 3.41. The highest BCUT2D eigenvalue weighted by Gasteiger charge is 2.44. The van der Waals surface area contributed by atoms with Crippen LogP contribution < -0.4 is 0 Å². The van der Waals surface area contributed by atoms with E-state index in [-0.39, 0.29) is 0 Å². The minimum Gasteiger partial charge on any atom is -0.309 e. The lowest BCUT2D eigenvalue weighted by atomic mass is 9.85. The Hall–Kier alpha value is -0.810. The maximum atomic E-state index is 13.2. The molecule has 1 fully saturated rings. The van der Waals surface area contributed by atoms with Crippen molar-refractivity contribution in [2.75, 3.05) is 40.3 Å². The molecule has 5 heteroatoms. The molecule has 2 rings (SSSR count). The van der Waals surface area contributed by atoms with E-state index in [0.717, 1.165) is 26.1 Å². The first-order valence-corrected chi connectivity index (χ1v) is 7.56. The van der Waals surface area contributed by atoms with E-state index in [0.29, 0.717) is 18.0 Å². The summed E-state index contributed by atoms with van der Waals surface area (Å²) in [5.74, 6) is -1.21. The van der Waals surface area contributed by atoms with Gasteiger partial charge >= 0.3 is 6.18 Å². The molecule has 0 aromatic rings. The number of halogens is 3. The second kappa shape index (κ2) is 6.53. The Balaban J connectivity index is 1.95. The van der Waals surface area contributed by atoms with Gasteiger partial charge in [-0.1, -0.05) is 23.8 Å². The molecule has 0 amide bonds. The third-order valence-corrected chi connectivity index (χ3v) is 4.35. The molecule has 0 bridgehead atoms. The van der Waals surface area contributed by atoms with Gasteiger partial charge < -0.3 is 9.80 Å². The highest BCUT2D eigenvalue weighted by molar-refractivity contribution is 5.25. The highest BCUT2D eigenvalue weighted by Crippen LogP contribution is 2.38. The van der Waals surface area contributed by atoms with Crippen LogP contribution in [0.3, 0.4) is 0 Å². The van der Waals surface area contributed by atoms with Crippen LogP contribution in [-0.2, 0) is 0 Å². The van der Waals surface area contributed by atoms with Crippen molar-refractivity contribution in [2.45, 2.75) is 19.5 Å². The molecule has 0 saturated carbocycles. The van der Waals surface area contributed by atoms with Crippen LogP contribution in [0.1, 0.15) is 13.3 Å². The molecular weight excluding hydrogens is 277 g/mol. The molecule has 1 heterocycles. The van der Waals surface area contributed by atoms with Gasteiger partial charge in [-0.05, 0) is 39.9 Å². The number of likely N-dealkylation sites (tertiary alicyclic amines) is 1. The van der Waals surface area contributed by atoms with Crippen molar-refractivity contribution in [2.24, 2.45) is 17.8 Å². The van der Waals surface area contributed by atoms with Crippen LogP contribution in [-0.4, -0.2) is 56.3 Å². The Morgan fingerprint density at radius 2 is 2.05 bits per heavy atom. The highest BCUT2D eigenvalue weighted by atomic mass is 19.4. The van der Waals surface area contributed by atoms with E-state index < -0.39 is 18.0 Å². The molecule has 2 aliphatic rings. The van der Waals surface area contributed by atoms with E-state index in [1.807, 2.05) is 20.2 Å². The van der Waals surface area contributed by atoms with Crippen molar-refractivity contribution in [3.05, 3.63) is 23.8 Å². The Labute approximate surface area is 125 Å². The quantitative estimate of drug-likeness (QED) is 0.787. The van der Waals surface area contributed by atoms with E-state index >= 15 is 0 Å². The van der Waals surface area contributed by atoms with Gasteiger partial charge in [0, 0.05) is 25.6 Å². The van der Waals surface area contributed by atoms with E-state index in [4.69, 9.17) is 0 Å². The molecule has 0 aromatic heterocycles. The van der Waals surface area contributed by atoms with Gasteiger partial charge in [-0.25, -0.2) is 0 Å². The number of alkyl halides is 3. The van der Waals surface area contributed by atoms with Crippen LogP contribution in [0.25, 0.3) is 0 Å². The summed E-state index contributed by atoms with van der Waals surface area (Å²) in [4.78, 5) is 4.34. The van der Waals surface area contributed by atoms with Gasteiger partial charge in [0.15, 0.2) is 0 Å². The van der Waals surface area contributed by atoms with Crippen LogP contribution in [0.15, 0.2) is 23.8 Å². The number of hydrogen-bond donors (Lipinski definition) is 0. The molecule has 0 N–H and O–H groups in total. The van der Waals surface area contributed by atoms with E-state index in [1.54, 1.807) is 13.0 Å². The topological polar surface area (TPSA) is 6.48 Å². The third-order valence-electron chi connectivity index (χ3n) is 4.35. The first kappa shape index (κ1) is 16.6. The second-order valence-corrected chi connectivity index (χ2v) is 6.68. The molecule has 120 valence electrons. The van der Waals surface area contributed by atoms with E-state index in [9.17, 15) is 13.2 Å². The molecule has 2 nitrogen and oxygen atoms in total. The molecule has 1 aliphatic heterocycles. The van der Waals surface area contributed by atoms with Gasteiger partial charge in [0.2, 0.25) is 0 Å². The maximum absolute atomic E-state index is 13.2. The molecule has 21 heavy (non-hydrogen) atoms. The second-order valence-electron chi connectivity index (χ2n) is 6.68. The van der Waals surface area contributed by atoms with Crippen LogP contribution in [0.5, 0.6) is 0 Å². The average Bonchev–Trinajstić information content (AvgIpc) is 2.76. The van der Waals surface area contributed by atoms with E-state index in [1.165, 1.54) is 6.08 Å². The van der Waals surface area contributed by atoms with Gasteiger partial charge in [-0.15, -0.1) is 0 Å². The smallest absolute Gasteiger partial charge is 0.309 e. The largest absolute Gasteiger partial charge is 0.395 e. The lowest BCUT2D eigenvalue weighted by molar-refractivity contribution is -0.171. The van der Waals surface area contributed by atoms with Crippen molar-refractivity contribution in [1.29, 1.82) is 0 Å². The summed E-state index contributed by atoms with van der Waals surface area (Å²) in [5, 5.41) is 0. The Kier molecular flexibility index (Phi) is 5.15. The molecule has 0 spiro atoms. The molecular formula is C16H25F3N2. The lowest BCUT2D eigenvalue weighted by Gasteiger charge is -2.31. The SMILES string of the molecule is CC1=CC(C(F)(F)F)C(CN2CCC(CN(C)C)C2)C=C1.